The van der Waals surface area contributed by atoms with Crippen molar-refractivity contribution in [2.45, 2.75) is 6.10 Å². The fourth-order valence-corrected chi connectivity index (χ4v) is 1.24. The molecule has 0 spiro atoms. The standard InChI is InChI=1S/C12H11NO2/c1-2-12(11-8-9-14-13-11)15-10-6-4-3-5-7-10/h2-9,12H,1H2. The Kier molecular flexibility index (Phi) is 2.83. The zero-order valence-electron chi connectivity index (χ0n) is 8.17. The van der Waals surface area contributed by atoms with Gasteiger partial charge in [-0.1, -0.05) is 29.9 Å². The molecule has 1 unspecified atom stereocenters. The van der Waals surface area contributed by atoms with E-state index in [0.717, 1.165) is 5.75 Å². The van der Waals surface area contributed by atoms with Crippen LogP contribution in [-0.2, 0) is 0 Å². The SMILES string of the molecule is C=CC(Oc1ccccc1)c1ccon1. The van der Waals surface area contributed by atoms with Crippen LogP contribution in [0.1, 0.15) is 11.8 Å². The number of nitrogens with zero attached hydrogens (tertiary/aromatic N) is 1. The van der Waals surface area contributed by atoms with E-state index in [2.05, 4.69) is 11.7 Å². The van der Waals surface area contributed by atoms with E-state index >= 15 is 0 Å². The molecule has 0 aliphatic heterocycles. The van der Waals surface area contributed by atoms with Crippen LogP contribution in [0.5, 0.6) is 5.75 Å². The van der Waals surface area contributed by atoms with Crippen molar-refractivity contribution in [2.24, 2.45) is 0 Å². The molecule has 3 heteroatoms. The summed E-state index contributed by atoms with van der Waals surface area (Å²) in [5.41, 5.74) is 0.717. The molecule has 1 heterocycles. The highest BCUT2D eigenvalue weighted by Gasteiger charge is 2.11. The molecule has 3 nitrogen and oxygen atoms in total. The Morgan fingerprint density at radius 1 is 1.27 bits per heavy atom. The van der Waals surface area contributed by atoms with E-state index < -0.39 is 0 Å². The molecule has 0 fully saturated rings. The largest absolute Gasteiger partial charge is 0.480 e. The summed E-state index contributed by atoms with van der Waals surface area (Å²) in [7, 11) is 0. The van der Waals surface area contributed by atoms with E-state index in [9.17, 15) is 0 Å². The Morgan fingerprint density at radius 2 is 2.07 bits per heavy atom. The van der Waals surface area contributed by atoms with Crippen molar-refractivity contribution < 1.29 is 9.26 Å². The van der Waals surface area contributed by atoms with Gasteiger partial charge in [-0.3, -0.25) is 0 Å². The van der Waals surface area contributed by atoms with Crippen LogP contribution in [0, 0.1) is 0 Å². The summed E-state index contributed by atoms with van der Waals surface area (Å²) >= 11 is 0. The molecule has 0 saturated heterocycles. The number of para-hydroxylation sites is 1. The molecule has 0 N–H and O–H groups in total. The van der Waals surface area contributed by atoms with Crippen LogP contribution >= 0.6 is 0 Å². The van der Waals surface area contributed by atoms with Crippen molar-refractivity contribution in [3.63, 3.8) is 0 Å². The van der Waals surface area contributed by atoms with Crippen molar-refractivity contribution in [2.75, 3.05) is 0 Å². The molecule has 2 rings (SSSR count). The number of hydrogen-bond acceptors (Lipinski definition) is 3. The zero-order chi connectivity index (χ0) is 10.5. The Labute approximate surface area is 88.0 Å². The lowest BCUT2D eigenvalue weighted by molar-refractivity contribution is 0.242. The average Bonchev–Trinajstić information content (AvgIpc) is 2.81. The third-order valence-corrected chi connectivity index (χ3v) is 1.97. The highest BCUT2D eigenvalue weighted by molar-refractivity contribution is 5.23. The van der Waals surface area contributed by atoms with Crippen molar-refractivity contribution >= 4 is 0 Å². The lowest BCUT2D eigenvalue weighted by Crippen LogP contribution is -2.04. The molecular weight excluding hydrogens is 190 g/mol. The molecular formula is C12H11NO2. The van der Waals surface area contributed by atoms with Gasteiger partial charge in [0.1, 0.15) is 17.7 Å². The lowest BCUT2D eigenvalue weighted by Gasteiger charge is -2.12. The van der Waals surface area contributed by atoms with Crippen LogP contribution in [0.4, 0.5) is 0 Å². The number of ether oxygens (including phenoxy) is 1. The van der Waals surface area contributed by atoms with E-state index in [0.29, 0.717) is 5.69 Å². The maximum Gasteiger partial charge on any atom is 0.162 e. The molecule has 1 aromatic heterocycles. The molecule has 0 aliphatic rings. The number of hydrogen-bond donors (Lipinski definition) is 0. The monoisotopic (exact) mass is 201 g/mol. The second-order valence-electron chi connectivity index (χ2n) is 3.01. The van der Waals surface area contributed by atoms with E-state index in [1.165, 1.54) is 6.26 Å². The van der Waals surface area contributed by atoms with Gasteiger partial charge in [0.25, 0.3) is 0 Å². The summed E-state index contributed by atoms with van der Waals surface area (Å²) in [6.45, 7) is 3.71. The van der Waals surface area contributed by atoms with Gasteiger partial charge in [-0.05, 0) is 18.2 Å². The summed E-state index contributed by atoms with van der Waals surface area (Å²) in [5, 5.41) is 3.81. The number of benzene rings is 1. The summed E-state index contributed by atoms with van der Waals surface area (Å²) < 4.78 is 10.4. The van der Waals surface area contributed by atoms with Gasteiger partial charge in [0.2, 0.25) is 0 Å². The average molecular weight is 201 g/mol. The van der Waals surface area contributed by atoms with Crippen molar-refractivity contribution in [1.29, 1.82) is 0 Å². The van der Waals surface area contributed by atoms with E-state index in [4.69, 9.17) is 9.26 Å². The lowest BCUT2D eigenvalue weighted by atomic mass is 10.2. The topological polar surface area (TPSA) is 35.3 Å². The van der Waals surface area contributed by atoms with Gasteiger partial charge in [0.05, 0.1) is 0 Å². The predicted octanol–water partition coefficient (Wildman–Crippen LogP) is 2.98. The maximum atomic E-state index is 5.67. The number of rotatable bonds is 4. The summed E-state index contributed by atoms with van der Waals surface area (Å²) in [5.74, 6) is 0.783. The number of aromatic nitrogens is 1. The van der Waals surface area contributed by atoms with Gasteiger partial charge in [-0.2, -0.15) is 0 Å². The molecule has 15 heavy (non-hydrogen) atoms. The Bertz CT molecular complexity index is 408. The summed E-state index contributed by atoms with van der Waals surface area (Å²) in [4.78, 5) is 0. The van der Waals surface area contributed by atoms with Gasteiger partial charge in [0, 0.05) is 6.07 Å². The third-order valence-electron chi connectivity index (χ3n) is 1.97. The molecule has 2 aromatic rings. The Hall–Kier alpha value is -2.03. The molecule has 1 atom stereocenters. The summed E-state index contributed by atoms with van der Waals surface area (Å²) in [6, 6.07) is 11.3. The fraction of sp³-hybridized carbons (Fsp3) is 0.0833. The van der Waals surface area contributed by atoms with E-state index in [1.54, 1.807) is 12.1 Å². The van der Waals surface area contributed by atoms with Crippen molar-refractivity contribution in [1.82, 2.24) is 5.16 Å². The van der Waals surface area contributed by atoms with Crippen LogP contribution in [0.2, 0.25) is 0 Å². The van der Waals surface area contributed by atoms with E-state index in [1.807, 2.05) is 30.3 Å². The smallest absolute Gasteiger partial charge is 0.162 e. The van der Waals surface area contributed by atoms with Crippen molar-refractivity contribution in [3.05, 3.63) is 61.0 Å². The predicted molar refractivity (Wildman–Crippen MR) is 56.5 cm³/mol. The van der Waals surface area contributed by atoms with Gasteiger partial charge >= 0.3 is 0 Å². The molecule has 0 radical (unpaired) electrons. The second-order valence-corrected chi connectivity index (χ2v) is 3.01. The first-order valence-electron chi connectivity index (χ1n) is 4.64. The Morgan fingerprint density at radius 3 is 2.67 bits per heavy atom. The van der Waals surface area contributed by atoms with Gasteiger partial charge in [-0.15, -0.1) is 0 Å². The van der Waals surface area contributed by atoms with Crippen LogP contribution in [-0.4, -0.2) is 5.16 Å². The molecule has 1 aromatic carbocycles. The molecule has 0 bridgehead atoms. The quantitative estimate of drug-likeness (QED) is 0.713. The van der Waals surface area contributed by atoms with Crippen LogP contribution < -0.4 is 4.74 Å². The first kappa shape index (κ1) is 9.52. The second kappa shape index (κ2) is 4.46. The van der Waals surface area contributed by atoms with Gasteiger partial charge in [0.15, 0.2) is 6.10 Å². The molecule has 0 aliphatic carbocycles. The van der Waals surface area contributed by atoms with Crippen LogP contribution in [0.15, 0.2) is 59.8 Å². The third kappa shape index (κ3) is 2.26. The molecule has 0 amide bonds. The fourth-order valence-electron chi connectivity index (χ4n) is 1.24. The van der Waals surface area contributed by atoms with Gasteiger partial charge < -0.3 is 9.26 Å². The zero-order valence-corrected chi connectivity index (χ0v) is 8.17. The summed E-state index contributed by atoms with van der Waals surface area (Å²) in [6.07, 6.45) is 2.93. The minimum Gasteiger partial charge on any atom is -0.480 e. The van der Waals surface area contributed by atoms with E-state index in [-0.39, 0.29) is 6.10 Å². The first-order valence-corrected chi connectivity index (χ1v) is 4.64. The van der Waals surface area contributed by atoms with Crippen molar-refractivity contribution in [3.8, 4) is 5.75 Å². The van der Waals surface area contributed by atoms with Crippen LogP contribution in [0.3, 0.4) is 0 Å². The maximum absolute atomic E-state index is 5.67. The van der Waals surface area contributed by atoms with Crippen LogP contribution in [0.25, 0.3) is 0 Å². The normalized spacial score (nSPS) is 12.0. The Balaban J connectivity index is 2.13. The highest BCUT2D eigenvalue weighted by atomic mass is 16.5. The molecule has 76 valence electrons. The first-order chi connectivity index (χ1) is 7.40. The minimum absolute atomic E-state index is 0.272. The highest BCUT2D eigenvalue weighted by Crippen LogP contribution is 2.20. The van der Waals surface area contributed by atoms with Gasteiger partial charge in [-0.25, -0.2) is 0 Å². The molecule has 0 saturated carbocycles. The minimum atomic E-state index is -0.272.